The van der Waals surface area contributed by atoms with Crippen LogP contribution in [0, 0.1) is 0 Å². The van der Waals surface area contributed by atoms with Gasteiger partial charge >= 0.3 is 0 Å². The van der Waals surface area contributed by atoms with Gasteiger partial charge < -0.3 is 15.0 Å². The molecule has 108 valence electrons. The van der Waals surface area contributed by atoms with Gasteiger partial charge in [-0.15, -0.1) is 0 Å². The SMILES string of the molecule is CCCNCc1cccc(N(CC)C(C)COC)n1. The van der Waals surface area contributed by atoms with Crippen molar-refractivity contribution in [1.29, 1.82) is 0 Å². The van der Waals surface area contributed by atoms with E-state index in [-0.39, 0.29) is 0 Å². The largest absolute Gasteiger partial charge is 0.383 e. The summed E-state index contributed by atoms with van der Waals surface area (Å²) in [4.78, 5) is 7.00. The molecule has 1 rings (SSSR count). The lowest BCUT2D eigenvalue weighted by atomic mass is 10.2. The Bertz CT molecular complexity index is 357. The lowest BCUT2D eigenvalue weighted by Crippen LogP contribution is -2.36. The number of nitrogens with one attached hydrogen (secondary N) is 1. The zero-order valence-corrected chi connectivity index (χ0v) is 12.6. The Labute approximate surface area is 117 Å². The Kier molecular flexibility index (Phi) is 7.45. The fourth-order valence-electron chi connectivity index (χ4n) is 2.15. The van der Waals surface area contributed by atoms with Gasteiger partial charge in [-0.1, -0.05) is 13.0 Å². The van der Waals surface area contributed by atoms with Gasteiger partial charge in [-0.2, -0.15) is 0 Å². The van der Waals surface area contributed by atoms with Crippen molar-refractivity contribution >= 4 is 5.82 Å². The smallest absolute Gasteiger partial charge is 0.129 e. The van der Waals surface area contributed by atoms with E-state index in [0.29, 0.717) is 12.6 Å². The number of aromatic nitrogens is 1. The summed E-state index contributed by atoms with van der Waals surface area (Å²) >= 11 is 0. The number of pyridine rings is 1. The van der Waals surface area contributed by atoms with Gasteiger partial charge in [0.05, 0.1) is 18.3 Å². The molecule has 0 saturated heterocycles. The van der Waals surface area contributed by atoms with E-state index in [0.717, 1.165) is 37.6 Å². The molecule has 0 bridgehead atoms. The van der Waals surface area contributed by atoms with Crippen molar-refractivity contribution in [3.05, 3.63) is 23.9 Å². The number of methoxy groups -OCH3 is 1. The summed E-state index contributed by atoms with van der Waals surface area (Å²) in [6.45, 7) is 9.99. The van der Waals surface area contributed by atoms with Crippen LogP contribution < -0.4 is 10.2 Å². The molecular weight excluding hydrogens is 238 g/mol. The summed E-state index contributed by atoms with van der Waals surface area (Å²) in [5.74, 6) is 1.03. The molecule has 1 N–H and O–H groups in total. The molecule has 1 aromatic rings. The fraction of sp³-hybridized carbons (Fsp3) is 0.667. The highest BCUT2D eigenvalue weighted by atomic mass is 16.5. The van der Waals surface area contributed by atoms with Crippen molar-refractivity contribution in [1.82, 2.24) is 10.3 Å². The van der Waals surface area contributed by atoms with Crippen LogP contribution in [0.4, 0.5) is 5.82 Å². The molecular formula is C15H27N3O. The second-order valence-corrected chi connectivity index (χ2v) is 4.75. The predicted molar refractivity (Wildman–Crippen MR) is 80.6 cm³/mol. The number of anilines is 1. The summed E-state index contributed by atoms with van der Waals surface area (Å²) in [6.07, 6.45) is 1.14. The summed E-state index contributed by atoms with van der Waals surface area (Å²) < 4.78 is 5.24. The minimum atomic E-state index is 0.335. The van der Waals surface area contributed by atoms with E-state index in [1.54, 1.807) is 7.11 Å². The monoisotopic (exact) mass is 265 g/mol. The normalized spacial score (nSPS) is 12.4. The van der Waals surface area contributed by atoms with Gasteiger partial charge in [-0.3, -0.25) is 0 Å². The maximum Gasteiger partial charge on any atom is 0.129 e. The first-order valence-electron chi connectivity index (χ1n) is 7.15. The highest BCUT2D eigenvalue weighted by molar-refractivity contribution is 5.40. The average Bonchev–Trinajstić information content (AvgIpc) is 2.41. The van der Waals surface area contributed by atoms with Crippen LogP contribution >= 0.6 is 0 Å². The highest BCUT2D eigenvalue weighted by Crippen LogP contribution is 2.14. The van der Waals surface area contributed by atoms with Crippen molar-refractivity contribution in [3.63, 3.8) is 0 Å². The van der Waals surface area contributed by atoms with Gasteiger partial charge in [0.25, 0.3) is 0 Å². The molecule has 19 heavy (non-hydrogen) atoms. The van der Waals surface area contributed by atoms with Gasteiger partial charge in [0.1, 0.15) is 5.82 Å². The van der Waals surface area contributed by atoms with E-state index in [9.17, 15) is 0 Å². The van der Waals surface area contributed by atoms with Crippen LogP contribution in [0.5, 0.6) is 0 Å². The van der Waals surface area contributed by atoms with Crippen molar-refractivity contribution in [2.24, 2.45) is 0 Å². The predicted octanol–water partition coefficient (Wildman–Crippen LogP) is 2.44. The standard InChI is InChI=1S/C15H27N3O/c1-5-10-16-11-14-8-7-9-15(17-14)18(6-2)13(3)12-19-4/h7-9,13,16H,5-6,10-12H2,1-4H3. The van der Waals surface area contributed by atoms with Crippen molar-refractivity contribution in [3.8, 4) is 0 Å². The Morgan fingerprint density at radius 2 is 2.16 bits per heavy atom. The van der Waals surface area contributed by atoms with Gasteiger partial charge in [0, 0.05) is 20.2 Å². The van der Waals surface area contributed by atoms with E-state index < -0.39 is 0 Å². The van der Waals surface area contributed by atoms with E-state index in [2.05, 4.69) is 49.2 Å². The van der Waals surface area contributed by atoms with Crippen molar-refractivity contribution < 1.29 is 4.74 Å². The van der Waals surface area contributed by atoms with Gasteiger partial charge in [-0.25, -0.2) is 4.98 Å². The van der Waals surface area contributed by atoms with Crippen LogP contribution in [0.15, 0.2) is 18.2 Å². The Morgan fingerprint density at radius 3 is 2.79 bits per heavy atom. The number of hydrogen-bond acceptors (Lipinski definition) is 4. The third-order valence-electron chi connectivity index (χ3n) is 3.10. The molecule has 4 heteroatoms. The second-order valence-electron chi connectivity index (χ2n) is 4.75. The second kappa shape index (κ2) is 8.88. The minimum absolute atomic E-state index is 0.335. The van der Waals surface area contributed by atoms with Crippen LogP contribution in [0.25, 0.3) is 0 Å². The number of likely N-dealkylation sites (N-methyl/N-ethyl adjacent to an activating group) is 1. The summed E-state index contributed by atoms with van der Waals surface area (Å²) in [7, 11) is 1.74. The molecule has 0 aliphatic rings. The first-order chi connectivity index (χ1) is 9.22. The third kappa shape index (κ3) is 5.17. The number of rotatable bonds is 9. The molecule has 0 spiro atoms. The van der Waals surface area contributed by atoms with E-state index >= 15 is 0 Å². The molecule has 1 unspecified atom stereocenters. The van der Waals surface area contributed by atoms with E-state index in [4.69, 9.17) is 9.72 Å². The Morgan fingerprint density at radius 1 is 1.37 bits per heavy atom. The number of ether oxygens (including phenoxy) is 1. The molecule has 0 amide bonds. The molecule has 0 aliphatic carbocycles. The molecule has 1 aromatic heterocycles. The fourth-order valence-corrected chi connectivity index (χ4v) is 2.15. The average molecular weight is 265 g/mol. The highest BCUT2D eigenvalue weighted by Gasteiger charge is 2.13. The Hall–Kier alpha value is -1.13. The lowest BCUT2D eigenvalue weighted by molar-refractivity contribution is 0.181. The maximum atomic E-state index is 5.24. The van der Waals surface area contributed by atoms with Crippen LogP contribution in [0.3, 0.4) is 0 Å². The lowest BCUT2D eigenvalue weighted by Gasteiger charge is -2.28. The summed E-state index contributed by atoms with van der Waals surface area (Å²) in [5.41, 5.74) is 1.09. The van der Waals surface area contributed by atoms with Crippen molar-refractivity contribution in [2.45, 2.75) is 39.8 Å². The first kappa shape index (κ1) is 15.9. The molecule has 0 radical (unpaired) electrons. The van der Waals surface area contributed by atoms with Gasteiger partial charge in [0.2, 0.25) is 0 Å². The van der Waals surface area contributed by atoms with Crippen molar-refractivity contribution in [2.75, 3.05) is 31.7 Å². The first-order valence-corrected chi connectivity index (χ1v) is 7.15. The molecule has 4 nitrogen and oxygen atoms in total. The number of hydrogen-bond donors (Lipinski definition) is 1. The van der Waals surface area contributed by atoms with Gasteiger partial charge in [0.15, 0.2) is 0 Å². The topological polar surface area (TPSA) is 37.4 Å². The van der Waals surface area contributed by atoms with E-state index in [1.165, 1.54) is 0 Å². The third-order valence-corrected chi connectivity index (χ3v) is 3.10. The number of nitrogens with zero attached hydrogens (tertiary/aromatic N) is 2. The maximum absolute atomic E-state index is 5.24. The molecule has 0 aromatic carbocycles. The zero-order chi connectivity index (χ0) is 14.1. The van der Waals surface area contributed by atoms with Crippen LogP contribution in [-0.4, -0.2) is 37.8 Å². The zero-order valence-electron chi connectivity index (χ0n) is 12.6. The quantitative estimate of drug-likeness (QED) is 0.696. The Balaban J connectivity index is 2.72. The molecule has 1 heterocycles. The van der Waals surface area contributed by atoms with Crippen LogP contribution in [-0.2, 0) is 11.3 Å². The molecule has 0 saturated carbocycles. The summed E-state index contributed by atoms with van der Waals surface area (Å²) in [6, 6.07) is 6.55. The van der Waals surface area contributed by atoms with Crippen LogP contribution in [0.2, 0.25) is 0 Å². The molecule has 1 atom stereocenters. The van der Waals surface area contributed by atoms with E-state index in [1.807, 2.05) is 0 Å². The molecule has 0 fully saturated rings. The van der Waals surface area contributed by atoms with Crippen LogP contribution in [0.1, 0.15) is 32.9 Å². The molecule has 0 aliphatic heterocycles. The minimum Gasteiger partial charge on any atom is -0.383 e. The van der Waals surface area contributed by atoms with Gasteiger partial charge in [-0.05, 0) is 38.9 Å². The summed E-state index contributed by atoms with van der Waals surface area (Å²) in [5, 5.41) is 3.38.